The minimum atomic E-state index is -1.14. The van der Waals surface area contributed by atoms with Crippen LogP contribution in [0.5, 0.6) is 0 Å². The Morgan fingerprint density at radius 2 is 1.32 bits per heavy atom. The molecule has 40 heavy (non-hydrogen) atoms. The van der Waals surface area contributed by atoms with Crippen LogP contribution in [0.3, 0.4) is 0 Å². The number of rotatable bonds is 8. The Bertz CT molecular complexity index is 1610. The SMILES string of the molecule is CC(C)C[C@@H](C(=O)OCC(=O)c1ccc(-c2ccccc2)cc1)N1C(=O)c2ccc3c4c(ccc(c24)C1=O)CC3. The zero-order chi connectivity index (χ0) is 28.0. The van der Waals surface area contributed by atoms with E-state index in [1.165, 1.54) is 0 Å². The summed E-state index contributed by atoms with van der Waals surface area (Å²) in [6, 6.07) is 23.2. The Morgan fingerprint density at radius 1 is 0.750 bits per heavy atom. The molecule has 0 bridgehead atoms. The largest absolute Gasteiger partial charge is 0.456 e. The van der Waals surface area contributed by atoms with Crippen molar-refractivity contribution in [3.8, 4) is 11.1 Å². The maximum Gasteiger partial charge on any atom is 0.329 e. The monoisotopic (exact) mass is 531 g/mol. The topological polar surface area (TPSA) is 80.8 Å². The summed E-state index contributed by atoms with van der Waals surface area (Å²) < 4.78 is 5.46. The Balaban J connectivity index is 1.22. The molecule has 1 aliphatic carbocycles. The van der Waals surface area contributed by atoms with Crippen LogP contribution in [-0.2, 0) is 22.4 Å². The Morgan fingerprint density at radius 3 is 1.90 bits per heavy atom. The third kappa shape index (κ3) is 4.39. The van der Waals surface area contributed by atoms with Crippen LogP contribution in [0.15, 0.2) is 78.9 Å². The second-order valence-electron chi connectivity index (χ2n) is 10.9. The van der Waals surface area contributed by atoms with Crippen molar-refractivity contribution in [1.29, 1.82) is 0 Å². The molecule has 2 amide bonds. The lowest BCUT2D eigenvalue weighted by atomic mass is 9.89. The lowest BCUT2D eigenvalue weighted by Crippen LogP contribution is -2.51. The zero-order valence-electron chi connectivity index (χ0n) is 22.5. The fourth-order valence-electron chi connectivity index (χ4n) is 5.87. The third-order valence-corrected chi connectivity index (χ3v) is 7.83. The van der Waals surface area contributed by atoms with Crippen molar-refractivity contribution in [3.05, 3.63) is 107 Å². The summed E-state index contributed by atoms with van der Waals surface area (Å²) in [5.41, 5.74) is 5.54. The highest BCUT2D eigenvalue weighted by Crippen LogP contribution is 2.39. The van der Waals surface area contributed by atoms with E-state index >= 15 is 0 Å². The minimum absolute atomic E-state index is 0.00682. The molecule has 6 nitrogen and oxygen atoms in total. The van der Waals surface area contributed by atoms with Crippen LogP contribution in [0, 0.1) is 5.92 Å². The molecule has 0 aromatic heterocycles. The molecule has 1 heterocycles. The van der Waals surface area contributed by atoms with Gasteiger partial charge < -0.3 is 4.74 Å². The molecule has 6 rings (SSSR count). The van der Waals surface area contributed by atoms with Gasteiger partial charge in [-0.15, -0.1) is 0 Å². The molecule has 0 N–H and O–H groups in total. The van der Waals surface area contributed by atoms with E-state index in [1.54, 1.807) is 24.3 Å². The van der Waals surface area contributed by atoms with Gasteiger partial charge in [0.1, 0.15) is 6.04 Å². The summed E-state index contributed by atoms with van der Waals surface area (Å²) in [5, 5.41) is 1.67. The number of Topliss-reactive ketones (excluding diaryl/α,β-unsaturated/α-hetero) is 1. The summed E-state index contributed by atoms with van der Waals surface area (Å²) in [6.07, 6.45) is 1.99. The van der Waals surface area contributed by atoms with E-state index in [2.05, 4.69) is 0 Å². The van der Waals surface area contributed by atoms with Gasteiger partial charge in [0.05, 0.1) is 0 Å². The molecule has 4 aromatic rings. The molecular weight excluding hydrogens is 502 g/mol. The van der Waals surface area contributed by atoms with E-state index in [1.807, 2.05) is 68.4 Å². The number of ether oxygens (including phenoxy) is 1. The summed E-state index contributed by atoms with van der Waals surface area (Å²) >= 11 is 0. The lowest BCUT2D eigenvalue weighted by molar-refractivity contribution is -0.147. The van der Waals surface area contributed by atoms with Gasteiger partial charge in [-0.1, -0.05) is 80.6 Å². The van der Waals surface area contributed by atoms with E-state index in [9.17, 15) is 19.2 Å². The molecule has 0 radical (unpaired) electrons. The van der Waals surface area contributed by atoms with Gasteiger partial charge in [0.25, 0.3) is 11.8 Å². The fourth-order valence-corrected chi connectivity index (χ4v) is 5.87. The molecule has 0 unspecified atom stereocenters. The number of esters is 1. The van der Waals surface area contributed by atoms with Gasteiger partial charge in [-0.3, -0.25) is 19.3 Å². The first-order valence-electron chi connectivity index (χ1n) is 13.6. The van der Waals surface area contributed by atoms with Crippen LogP contribution in [-0.4, -0.2) is 41.1 Å². The number of carbonyl (C=O) groups is 4. The van der Waals surface area contributed by atoms with Crippen LogP contribution in [0.2, 0.25) is 0 Å². The van der Waals surface area contributed by atoms with Crippen LogP contribution < -0.4 is 0 Å². The summed E-state index contributed by atoms with van der Waals surface area (Å²) in [6.45, 7) is 3.34. The maximum absolute atomic E-state index is 13.7. The number of amides is 2. The van der Waals surface area contributed by atoms with Gasteiger partial charge in [-0.05, 0) is 65.0 Å². The van der Waals surface area contributed by atoms with Gasteiger partial charge in [0, 0.05) is 22.1 Å². The Labute approximate surface area is 232 Å². The molecule has 2 aliphatic rings. The molecule has 6 heteroatoms. The minimum Gasteiger partial charge on any atom is -0.456 e. The van der Waals surface area contributed by atoms with Crippen LogP contribution in [0.1, 0.15) is 62.5 Å². The molecule has 1 aliphatic heterocycles. The average Bonchev–Trinajstić information content (AvgIpc) is 3.40. The van der Waals surface area contributed by atoms with Crippen molar-refractivity contribution in [1.82, 2.24) is 4.90 Å². The lowest BCUT2D eigenvalue weighted by Gasteiger charge is -2.33. The number of nitrogens with zero attached hydrogens (tertiary/aromatic N) is 1. The van der Waals surface area contributed by atoms with E-state index in [0.717, 1.165) is 45.4 Å². The third-order valence-electron chi connectivity index (χ3n) is 7.83. The molecule has 0 saturated heterocycles. The predicted octanol–water partition coefficient (Wildman–Crippen LogP) is 6.04. The van der Waals surface area contributed by atoms with Gasteiger partial charge in [0.2, 0.25) is 0 Å². The molecule has 1 atom stereocenters. The highest BCUT2D eigenvalue weighted by atomic mass is 16.5. The Kier molecular flexibility index (Phi) is 6.54. The molecule has 0 fully saturated rings. The number of benzene rings is 4. The second kappa shape index (κ2) is 10.2. The maximum atomic E-state index is 13.7. The fraction of sp³-hybridized carbons (Fsp3) is 0.235. The first kappa shape index (κ1) is 25.7. The van der Waals surface area contributed by atoms with Crippen LogP contribution >= 0.6 is 0 Å². The van der Waals surface area contributed by atoms with Gasteiger partial charge >= 0.3 is 5.97 Å². The number of hydrogen-bond acceptors (Lipinski definition) is 5. The van der Waals surface area contributed by atoms with Crippen molar-refractivity contribution >= 4 is 34.3 Å². The molecule has 4 aromatic carbocycles. The van der Waals surface area contributed by atoms with Crippen molar-refractivity contribution in [2.75, 3.05) is 6.61 Å². The first-order chi connectivity index (χ1) is 19.3. The normalized spacial score (nSPS) is 14.6. The molecule has 200 valence electrons. The predicted molar refractivity (Wildman–Crippen MR) is 152 cm³/mol. The van der Waals surface area contributed by atoms with Crippen molar-refractivity contribution in [2.45, 2.75) is 39.2 Å². The number of aryl methyl sites for hydroxylation is 2. The van der Waals surface area contributed by atoms with Gasteiger partial charge in [-0.25, -0.2) is 4.79 Å². The van der Waals surface area contributed by atoms with Crippen molar-refractivity contribution in [3.63, 3.8) is 0 Å². The zero-order valence-corrected chi connectivity index (χ0v) is 22.5. The number of carbonyl (C=O) groups excluding carboxylic acids is 4. The van der Waals surface area contributed by atoms with Crippen molar-refractivity contribution < 1.29 is 23.9 Å². The quantitative estimate of drug-likeness (QED) is 0.157. The number of imide groups is 1. The van der Waals surface area contributed by atoms with E-state index < -0.39 is 30.4 Å². The highest BCUT2D eigenvalue weighted by molar-refractivity contribution is 6.27. The van der Waals surface area contributed by atoms with Crippen molar-refractivity contribution in [2.24, 2.45) is 5.92 Å². The van der Waals surface area contributed by atoms with Gasteiger partial charge in [-0.2, -0.15) is 0 Å². The van der Waals surface area contributed by atoms with E-state index in [-0.39, 0.29) is 18.1 Å². The van der Waals surface area contributed by atoms with Crippen LogP contribution in [0.4, 0.5) is 0 Å². The van der Waals surface area contributed by atoms with Crippen LogP contribution in [0.25, 0.3) is 21.9 Å². The average molecular weight is 532 g/mol. The molecule has 0 spiro atoms. The first-order valence-corrected chi connectivity index (χ1v) is 13.6. The number of ketones is 1. The summed E-state index contributed by atoms with van der Waals surface area (Å²) in [5.74, 6) is -2.13. The van der Waals surface area contributed by atoms with E-state index in [4.69, 9.17) is 4.74 Å². The highest BCUT2D eigenvalue weighted by Gasteiger charge is 2.42. The van der Waals surface area contributed by atoms with E-state index in [0.29, 0.717) is 22.1 Å². The summed E-state index contributed by atoms with van der Waals surface area (Å²) in [4.78, 5) is 54.8. The second-order valence-corrected chi connectivity index (χ2v) is 10.9. The van der Waals surface area contributed by atoms with Gasteiger partial charge in [0.15, 0.2) is 12.4 Å². The molecule has 0 saturated carbocycles. The smallest absolute Gasteiger partial charge is 0.329 e. The standard InChI is InChI=1S/C34H29NO5/c1-20(2)18-28(34(39)40-19-29(36)23-10-8-22(9-11-23)21-6-4-3-5-7-21)35-32(37)26-16-14-24-12-13-25-15-17-27(33(35)38)31(26)30(24)25/h3-11,14-17,20,28H,12-13,18-19H2,1-2H3/t28-/m0/s1. The Hall–Kier alpha value is -4.58. The summed E-state index contributed by atoms with van der Waals surface area (Å²) in [7, 11) is 0. The number of hydrogen-bond donors (Lipinski definition) is 0. The molecular formula is C34H29NO5.